The van der Waals surface area contributed by atoms with Gasteiger partial charge in [-0.15, -0.1) is 0 Å². The van der Waals surface area contributed by atoms with E-state index in [2.05, 4.69) is 0 Å². The van der Waals surface area contributed by atoms with E-state index in [4.69, 9.17) is 9.47 Å². The number of nitrogens with zero attached hydrogens (tertiary/aromatic N) is 1. The number of carbonyl (C=O) groups excluding carboxylic acids is 2. The Morgan fingerprint density at radius 2 is 1.68 bits per heavy atom. The van der Waals surface area contributed by atoms with Gasteiger partial charge in [0.2, 0.25) is 5.91 Å². The normalized spacial score (nSPS) is 11.2. The average molecular weight is 432 g/mol. The number of halogens is 2. The summed E-state index contributed by atoms with van der Waals surface area (Å²) in [5.41, 5.74) is 0.957. The zero-order valence-electron chi connectivity index (χ0n) is 17.6. The number of ether oxygens (including phenoxy) is 2. The number of carbonyl (C=O) groups is 2. The van der Waals surface area contributed by atoms with Gasteiger partial charge in [-0.3, -0.25) is 4.79 Å². The first kappa shape index (κ1) is 23.9. The molecule has 0 aliphatic rings. The van der Waals surface area contributed by atoms with Crippen LogP contribution in [-0.2, 0) is 16.2 Å². The maximum atomic E-state index is 13.8. The minimum atomic E-state index is -1.44. The van der Waals surface area contributed by atoms with Crippen LogP contribution in [0, 0.1) is 11.6 Å². The summed E-state index contributed by atoms with van der Waals surface area (Å²) < 4.78 is 38.4. The van der Waals surface area contributed by atoms with Gasteiger partial charge in [0.05, 0.1) is 11.5 Å². The number of hydrogen-bond donors (Lipinski definition) is 0. The molecule has 0 heterocycles. The van der Waals surface area contributed by atoms with Crippen LogP contribution in [0.3, 0.4) is 0 Å². The summed E-state index contributed by atoms with van der Waals surface area (Å²) in [7, 11) is 0. The summed E-state index contributed by atoms with van der Waals surface area (Å²) >= 11 is 0. The van der Waals surface area contributed by atoms with Crippen LogP contribution in [-0.4, -0.2) is 36.5 Å². The Kier molecular flexibility index (Phi) is 8.54. The van der Waals surface area contributed by atoms with Crippen molar-refractivity contribution in [3.8, 4) is 11.5 Å². The average Bonchev–Trinajstić information content (AvgIpc) is 2.73. The minimum absolute atomic E-state index is 0.0430. The molecular formula is C23H24F2NO5-. The number of carboxylic acids is 1. The van der Waals surface area contributed by atoms with Gasteiger partial charge in [-0.2, -0.15) is 0 Å². The van der Waals surface area contributed by atoms with E-state index in [1.165, 1.54) is 24.3 Å². The molecule has 0 saturated carbocycles. The summed E-state index contributed by atoms with van der Waals surface area (Å²) in [6.45, 7) is 5.46. The lowest BCUT2D eigenvalue weighted by Gasteiger charge is -2.17. The Balaban J connectivity index is 2.30. The summed E-state index contributed by atoms with van der Waals surface area (Å²) in [6, 6.07) is 8.08. The van der Waals surface area contributed by atoms with Crippen LogP contribution in [0.5, 0.6) is 11.5 Å². The lowest BCUT2D eigenvalue weighted by Crippen LogP contribution is -2.29. The zero-order valence-corrected chi connectivity index (χ0v) is 17.6. The second-order valence-electron chi connectivity index (χ2n) is 6.65. The van der Waals surface area contributed by atoms with E-state index in [0.717, 1.165) is 12.1 Å². The van der Waals surface area contributed by atoms with Crippen molar-refractivity contribution in [3.63, 3.8) is 0 Å². The van der Waals surface area contributed by atoms with Crippen LogP contribution in [0.15, 0.2) is 42.5 Å². The fraction of sp³-hybridized carbons (Fsp3) is 0.304. The van der Waals surface area contributed by atoms with Crippen molar-refractivity contribution in [1.82, 2.24) is 4.90 Å². The van der Waals surface area contributed by atoms with E-state index >= 15 is 0 Å². The van der Waals surface area contributed by atoms with Crippen LogP contribution in [0.25, 0.3) is 5.57 Å². The third kappa shape index (κ3) is 6.53. The number of benzene rings is 2. The molecule has 2 aromatic rings. The molecule has 1 amide bonds. The molecule has 0 atom stereocenters. The van der Waals surface area contributed by atoms with Crippen LogP contribution in [0.2, 0.25) is 0 Å². The smallest absolute Gasteiger partial charge is 0.246 e. The zero-order chi connectivity index (χ0) is 23.0. The number of allylic oxidation sites excluding steroid dienone is 1. The van der Waals surface area contributed by atoms with Crippen LogP contribution in [0.1, 0.15) is 31.9 Å². The molecule has 0 unspecified atom stereocenters. The van der Waals surface area contributed by atoms with Crippen LogP contribution < -0.4 is 14.6 Å². The number of carboxylic acid groups (broad SMARTS) is 1. The molecule has 0 aromatic heterocycles. The van der Waals surface area contributed by atoms with Crippen molar-refractivity contribution in [2.45, 2.75) is 27.4 Å². The number of hydrogen-bond acceptors (Lipinski definition) is 5. The van der Waals surface area contributed by atoms with Gasteiger partial charge in [-0.1, -0.05) is 12.1 Å². The summed E-state index contributed by atoms with van der Waals surface area (Å²) in [6.07, 6.45) is 1.47. The Morgan fingerprint density at radius 1 is 1.03 bits per heavy atom. The Labute approximate surface area is 179 Å². The fourth-order valence-corrected chi connectivity index (χ4v) is 2.84. The largest absolute Gasteiger partial charge is 0.546 e. The van der Waals surface area contributed by atoms with E-state index in [1.807, 2.05) is 13.8 Å². The standard InChI is InChI=1S/C23H25F2NO5/c1-4-26(5-2)22(27)11-15(3)16-9-10-20(21(12-16)31-14-23(28)29)30-13-17-18(24)7-6-8-19(17)25/h6-12H,4-5,13-14H2,1-3H3,(H,28,29)/p-1/b15-11+. The highest BCUT2D eigenvalue weighted by Gasteiger charge is 2.14. The molecule has 0 aliphatic heterocycles. The van der Waals surface area contributed by atoms with Gasteiger partial charge in [0.25, 0.3) is 0 Å². The van der Waals surface area contributed by atoms with Crippen molar-refractivity contribution in [2.24, 2.45) is 0 Å². The van der Waals surface area contributed by atoms with Gasteiger partial charge in [-0.25, -0.2) is 8.78 Å². The summed E-state index contributed by atoms with van der Waals surface area (Å²) in [4.78, 5) is 24.8. The second kappa shape index (κ2) is 11.1. The molecule has 0 aliphatic carbocycles. The molecule has 6 nitrogen and oxygen atoms in total. The highest BCUT2D eigenvalue weighted by molar-refractivity contribution is 5.95. The molecule has 0 spiro atoms. The van der Waals surface area contributed by atoms with E-state index in [0.29, 0.717) is 24.2 Å². The number of likely N-dealkylation sites (N-methyl/N-ethyl adjacent to an activating group) is 1. The third-order valence-corrected chi connectivity index (χ3v) is 4.59. The number of aliphatic carboxylic acids is 1. The van der Waals surface area contributed by atoms with E-state index in [-0.39, 0.29) is 23.0 Å². The van der Waals surface area contributed by atoms with Gasteiger partial charge in [-0.05, 0) is 56.2 Å². The molecule has 166 valence electrons. The van der Waals surface area contributed by atoms with Gasteiger partial charge in [0.1, 0.15) is 24.8 Å². The Hall–Kier alpha value is -3.42. The van der Waals surface area contributed by atoms with Gasteiger partial charge < -0.3 is 24.3 Å². The molecule has 8 heteroatoms. The van der Waals surface area contributed by atoms with Crippen molar-refractivity contribution in [3.05, 3.63) is 65.2 Å². The van der Waals surface area contributed by atoms with Gasteiger partial charge in [0, 0.05) is 19.2 Å². The summed E-state index contributed by atoms with van der Waals surface area (Å²) in [5, 5.41) is 10.8. The third-order valence-electron chi connectivity index (χ3n) is 4.59. The fourth-order valence-electron chi connectivity index (χ4n) is 2.84. The molecule has 2 aromatic carbocycles. The van der Waals surface area contributed by atoms with Crippen molar-refractivity contribution in [2.75, 3.05) is 19.7 Å². The van der Waals surface area contributed by atoms with Gasteiger partial charge >= 0.3 is 0 Å². The predicted molar refractivity (Wildman–Crippen MR) is 109 cm³/mol. The lowest BCUT2D eigenvalue weighted by molar-refractivity contribution is -0.307. The van der Waals surface area contributed by atoms with Crippen molar-refractivity contribution in [1.29, 1.82) is 0 Å². The molecule has 0 bridgehead atoms. The maximum absolute atomic E-state index is 13.8. The van der Waals surface area contributed by atoms with E-state index in [1.54, 1.807) is 17.9 Å². The lowest BCUT2D eigenvalue weighted by atomic mass is 10.1. The van der Waals surface area contributed by atoms with Crippen molar-refractivity contribution >= 4 is 17.4 Å². The maximum Gasteiger partial charge on any atom is 0.246 e. The quantitative estimate of drug-likeness (QED) is 0.540. The molecular weight excluding hydrogens is 408 g/mol. The number of rotatable bonds is 10. The molecule has 31 heavy (non-hydrogen) atoms. The SMILES string of the molecule is CCN(CC)C(=O)/C=C(\C)c1ccc(OCc2c(F)cccc2F)c(OCC(=O)[O-])c1. The number of amides is 1. The minimum Gasteiger partial charge on any atom is -0.546 e. The predicted octanol–water partition coefficient (Wildman–Crippen LogP) is 2.94. The topological polar surface area (TPSA) is 78.9 Å². The Bertz CT molecular complexity index is 950. The Morgan fingerprint density at radius 3 is 2.26 bits per heavy atom. The highest BCUT2D eigenvalue weighted by atomic mass is 19.1. The first-order chi connectivity index (χ1) is 14.8. The molecule has 0 fully saturated rings. The van der Waals surface area contributed by atoms with E-state index < -0.39 is 30.8 Å². The molecule has 0 radical (unpaired) electrons. The van der Waals surface area contributed by atoms with Crippen LogP contribution in [0.4, 0.5) is 8.78 Å². The second-order valence-corrected chi connectivity index (χ2v) is 6.65. The summed E-state index contributed by atoms with van der Waals surface area (Å²) in [5.74, 6) is -2.99. The van der Waals surface area contributed by atoms with E-state index in [9.17, 15) is 23.5 Å². The molecule has 0 N–H and O–H groups in total. The molecule has 0 saturated heterocycles. The first-order valence-electron chi connectivity index (χ1n) is 9.76. The highest BCUT2D eigenvalue weighted by Crippen LogP contribution is 2.32. The first-order valence-corrected chi connectivity index (χ1v) is 9.76. The van der Waals surface area contributed by atoms with Gasteiger partial charge in [0.15, 0.2) is 11.5 Å². The van der Waals surface area contributed by atoms with Crippen LogP contribution >= 0.6 is 0 Å². The molecule has 2 rings (SSSR count). The van der Waals surface area contributed by atoms with Crippen molar-refractivity contribution < 1.29 is 33.0 Å². The monoisotopic (exact) mass is 432 g/mol.